The Labute approximate surface area is 238 Å². The van der Waals surface area contributed by atoms with Gasteiger partial charge in [-0.1, -0.05) is 11.6 Å². The van der Waals surface area contributed by atoms with Crippen molar-refractivity contribution >= 4 is 59.1 Å². The van der Waals surface area contributed by atoms with E-state index in [0.717, 1.165) is 24.3 Å². The summed E-state index contributed by atoms with van der Waals surface area (Å²) < 4.78 is 92.2. The van der Waals surface area contributed by atoms with Crippen LogP contribution in [0, 0.1) is 6.92 Å². The van der Waals surface area contributed by atoms with E-state index >= 15 is 0 Å². The molecule has 0 saturated carbocycles. The van der Waals surface area contributed by atoms with Crippen LogP contribution in [0.1, 0.15) is 15.9 Å². The molecular weight excluding hydrogens is 624 g/mol. The second-order valence-electron chi connectivity index (χ2n) is 8.20. The normalized spacial score (nSPS) is 12.7. The number of rotatable bonds is 11. The average Bonchev–Trinajstić information content (AvgIpc) is 2.87. The van der Waals surface area contributed by atoms with Crippen LogP contribution in [0.15, 0.2) is 78.8 Å². The van der Waals surface area contributed by atoms with Crippen molar-refractivity contribution in [1.29, 1.82) is 0 Å². The Bertz CT molecular complexity index is 1940. The lowest BCUT2D eigenvalue weighted by Gasteiger charge is -2.08. The number of aryl methyl sites for hydroxylation is 1. The quantitative estimate of drug-likeness (QED) is 0.147. The summed E-state index contributed by atoms with van der Waals surface area (Å²) in [5, 5.41) is 44.8. The smallest absolute Gasteiger partial charge is 0.397 e. The zero-order valence-electron chi connectivity index (χ0n) is 21.0. The molecule has 0 heterocycles. The molecule has 0 radical (unpaired) electrons. The fourth-order valence-electron chi connectivity index (χ4n) is 3.20. The van der Waals surface area contributed by atoms with E-state index in [4.69, 9.17) is 4.55 Å². The molecule has 0 saturated heterocycles. The second-order valence-corrected chi connectivity index (χ2v) is 12.8. The van der Waals surface area contributed by atoms with Gasteiger partial charge in [0, 0.05) is 0 Å². The number of aromatic carboxylic acids is 1. The van der Waals surface area contributed by atoms with Crippen molar-refractivity contribution in [2.45, 2.75) is 16.7 Å². The number of aromatic hydroxyl groups is 2. The molecule has 5 N–H and O–H groups in total. The Morgan fingerprint density at radius 1 is 0.810 bits per heavy atom. The van der Waals surface area contributed by atoms with Crippen LogP contribution in [0.3, 0.4) is 0 Å². The minimum Gasteiger partial charge on any atom is -0.505 e. The fraction of sp³-hybridized carbons (Fsp3) is 0.136. The van der Waals surface area contributed by atoms with Crippen molar-refractivity contribution in [3.05, 3.63) is 59.7 Å². The molecule has 0 atom stereocenters. The van der Waals surface area contributed by atoms with Crippen LogP contribution in [0.4, 0.5) is 22.7 Å². The number of carboxylic acid groups (broad SMARTS) is 1. The molecule has 0 fully saturated rings. The summed E-state index contributed by atoms with van der Waals surface area (Å²) in [4.78, 5) is 9.73. The molecule has 3 rings (SSSR count). The van der Waals surface area contributed by atoms with E-state index in [0.29, 0.717) is 11.6 Å². The molecule has 0 aliphatic carbocycles. The molecule has 0 spiro atoms. The van der Waals surface area contributed by atoms with Crippen molar-refractivity contribution in [1.82, 2.24) is 0 Å². The number of benzene rings is 3. The monoisotopic (exact) mass is 644 g/mol. The van der Waals surface area contributed by atoms with Crippen LogP contribution in [0.2, 0.25) is 0 Å². The first-order valence-corrected chi connectivity index (χ1v) is 15.5. The average molecular weight is 645 g/mol. The Hall–Kier alpha value is -4.34. The van der Waals surface area contributed by atoms with Gasteiger partial charge in [0.15, 0.2) is 21.3 Å². The fourth-order valence-corrected chi connectivity index (χ4v) is 5.44. The van der Waals surface area contributed by atoms with Crippen molar-refractivity contribution in [3.63, 3.8) is 0 Å². The van der Waals surface area contributed by atoms with Gasteiger partial charge in [-0.2, -0.15) is 16.8 Å². The molecule has 0 aliphatic rings. The van der Waals surface area contributed by atoms with Crippen molar-refractivity contribution in [2.75, 3.05) is 12.4 Å². The number of sulfone groups is 1. The van der Waals surface area contributed by atoms with Crippen LogP contribution < -0.4 is 0 Å². The minimum atomic E-state index is -5.14. The third kappa shape index (κ3) is 8.11. The molecule has 20 heteroatoms. The first kappa shape index (κ1) is 32.2. The molecule has 0 aliphatic heterocycles. The highest BCUT2D eigenvalue weighted by atomic mass is 32.3. The van der Waals surface area contributed by atoms with E-state index in [2.05, 4.69) is 24.6 Å². The highest BCUT2D eigenvalue weighted by molar-refractivity contribution is 7.91. The van der Waals surface area contributed by atoms with Gasteiger partial charge >= 0.3 is 16.4 Å². The SMILES string of the molecule is Cc1ccc(/N=N/c2ccc(O)c(/N=N/c3ccc(S(=O)(=O)CCOS(=O)(=O)O)cc3S(=O)(=O)O)c2O)c(C(=O)O)c1. The Morgan fingerprint density at radius 3 is 2.02 bits per heavy atom. The van der Waals surface area contributed by atoms with E-state index in [1.165, 1.54) is 12.1 Å². The van der Waals surface area contributed by atoms with Gasteiger partial charge in [0.25, 0.3) is 10.1 Å². The van der Waals surface area contributed by atoms with Gasteiger partial charge in [-0.25, -0.2) is 17.4 Å². The van der Waals surface area contributed by atoms with Gasteiger partial charge in [0.1, 0.15) is 27.7 Å². The van der Waals surface area contributed by atoms with Crippen LogP contribution in [0.25, 0.3) is 0 Å². The Morgan fingerprint density at radius 2 is 1.40 bits per heavy atom. The lowest BCUT2D eigenvalue weighted by molar-refractivity contribution is 0.0697. The molecule has 42 heavy (non-hydrogen) atoms. The first-order valence-electron chi connectivity index (χ1n) is 11.1. The minimum absolute atomic E-state index is 0.0545. The lowest BCUT2D eigenvalue weighted by Crippen LogP contribution is -2.16. The van der Waals surface area contributed by atoms with Gasteiger partial charge in [-0.05, 0) is 49.4 Å². The summed E-state index contributed by atoms with van der Waals surface area (Å²) in [5.74, 6) is -3.75. The van der Waals surface area contributed by atoms with Crippen molar-refractivity contribution in [2.24, 2.45) is 20.5 Å². The molecular formula is C22H20N4O13S3. The largest absolute Gasteiger partial charge is 0.505 e. The Balaban J connectivity index is 1.99. The highest BCUT2D eigenvalue weighted by Crippen LogP contribution is 2.44. The maximum absolute atomic E-state index is 12.4. The first-order chi connectivity index (χ1) is 19.4. The standard InChI is InChI=1S/C22H20N4O13S3/c1-12-2-4-15(14(10-12)22(29)30)23-25-17-6-7-18(27)20(21(17)28)26-24-16-5-3-13(11-19(16)41(33,34)35)40(31,32)9-8-39-42(36,37)38/h2-7,10-11,27-28H,8-9H2,1H3,(H,29,30)(H,33,34,35)(H,36,37,38)/b25-23+,26-24+. The summed E-state index contributed by atoms with van der Waals surface area (Å²) >= 11 is 0. The van der Waals surface area contributed by atoms with Gasteiger partial charge in [-0.15, -0.1) is 20.5 Å². The third-order valence-electron chi connectivity index (χ3n) is 5.17. The number of azo groups is 2. The number of hydrogen-bond acceptors (Lipinski definition) is 14. The summed E-state index contributed by atoms with van der Waals surface area (Å²) in [6, 6.07) is 8.59. The molecule has 0 unspecified atom stereocenters. The van der Waals surface area contributed by atoms with Crippen LogP contribution in [0.5, 0.6) is 11.5 Å². The number of phenols is 2. The summed E-state index contributed by atoms with van der Waals surface area (Å²) in [6.07, 6.45) is 0. The van der Waals surface area contributed by atoms with E-state index in [1.807, 2.05) is 0 Å². The molecule has 224 valence electrons. The topological polar surface area (TPSA) is 279 Å². The third-order valence-corrected chi connectivity index (χ3v) is 8.19. The van der Waals surface area contributed by atoms with Gasteiger partial charge in [0.05, 0.1) is 22.8 Å². The van der Waals surface area contributed by atoms with Gasteiger partial charge in [-0.3, -0.25) is 9.11 Å². The molecule has 3 aromatic rings. The van der Waals surface area contributed by atoms with Crippen molar-refractivity contribution in [3.8, 4) is 11.5 Å². The van der Waals surface area contributed by atoms with E-state index in [-0.39, 0.29) is 16.9 Å². The van der Waals surface area contributed by atoms with Crippen LogP contribution in [-0.4, -0.2) is 68.0 Å². The predicted octanol–water partition coefficient (Wildman–Crippen LogP) is 3.78. The van der Waals surface area contributed by atoms with E-state index < -0.39 is 81.3 Å². The molecule has 0 bridgehead atoms. The zero-order chi connectivity index (χ0) is 31.5. The van der Waals surface area contributed by atoms with Gasteiger partial charge < -0.3 is 15.3 Å². The number of hydrogen-bond donors (Lipinski definition) is 5. The van der Waals surface area contributed by atoms with Gasteiger partial charge in [0.2, 0.25) is 0 Å². The Kier molecular flexibility index (Phi) is 9.39. The maximum Gasteiger partial charge on any atom is 0.397 e. The van der Waals surface area contributed by atoms with E-state index in [1.54, 1.807) is 13.0 Å². The molecule has 3 aromatic carbocycles. The number of nitrogens with zero attached hydrogens (tertiary/aromatic N) is 4. The predicted molar refractivity (Wildman–Crippen MR) is 142 cm³/mol. The maximum atomic E-state index is 12.4. The molecule has 0 amide bonds. The number of carbonyl (C=O) groups is 1. The summed E-state index contributed by atoms with van der Waals surface area (Å²) in [6.45, 7) is 0.663. The lowest BCUT2D eigenvalue weighted by atomic mass is 10.1. The number of phenolic OH excluding ortho intramolecular Hbond substituents is 2. The van der Waals surface area contributed by atoms with Crippen molar-refractivity contribution < 1.29 is 58.7 Å². The zero-order valence-corrected chi connectivity index (χ0v) is 23.5. The highest BCUT2D eigenvalue weighted by Gasteiger charge is 2.23. The molecule has 17 nitrogen and oxygen atoms in total. The molecule has 0 aromatic heterocycles. The second kappa shape index (κ2) is 12.3. The summed E-state index contributed by atoms with van der Waals surface area (Å²) in [7, 11) is -14.5. The van der Waals surface area contributed by atoms with Crippen LogP contribution >= 0.6 is 0 Å². The summed E-state index contributed by atoms with van der Waals surface area (Å²) in [5.41, 5.74) is -1.17. The van der Waals surface area contributed by atoms with E-state index in [9.17, 15) is 49.9 Å². The van der Waals surface area contributed by atoms with Crippen LogP contribution in [-0.2, 0) is 34.5 Å². The number of carboxylic acids is 1.